The van der Waals surface area contributed by atoms with Crippen LogP contribution < -0.4 is 15.3 Å². The third-order valence-corrected chi connectivity index (χ3v) is 7.07. The van der Waals surface area contributed by atoms with E-state index in [1.54, 1.807) is 24.0 Å². The molecule has 1 amide bonds. The highest BCUT2D eigenvalue weighted by molar-refractivity contribution is 5.98. The maximum atomic E-state index is 13.4. The Morgan fingerprint density at radius 2 is 1.92 bits per heavy atom. The minimum Gasteiger partial charge on any atom is -0.489 e. The molecule has 37 heavy (non-hydrogen) atoms. The number of rotatable bonds is 7. The van der Waals surface area contributed by atoms with Gasteiger partial charge in [-0.1, -0.05) is 30.3 Å². The molecule has 3 aromatic rings. The van der Waals surface area contributed by atoms with Crippen molar-refractivity contribution in [3.63, 3.8) is 0 Å². The summed E-state index contributed by atoms with van der Waals surface area (Å²) in [6.45, 7) is 4.40. The first-order valence-corrected chi connectivity index (χ1v) is 13.0. The summed E-state index contributed by atoms with van der Waals surface area (Å²) in [4.78, 5) is 42.2. The lowest BCUT2D eigenvalue weighted by molar-refractivity contribution is -0.150. The molecule has 0 N–H and O–H groups in total. The molecule has 194 valence electrons. The van der Waals surface area contributed by atoms with Gasteiger partial charge in [0.05, 0.1) is 19.1 Å². The number of ether oxygens (including phenoxy) is 2. The number of carbonyl (C=O) groups is 2. The number of benzene rings is 2. The second-order valence-electron chi connectivity index (χ2n) is 9.62. The molecule has 1 atom stereocenters. The van der Waals surface area contributed by atoms with E-state index in [0.717, 1.165) is 42.3 Å². The minimum absolute atomic E-state index is 0.146. The van der Waals surface area contributed by atoms with Crippen molar-refractivity contribution in [1.29, 1.82) is 0 Å². The first-order valence-electron chi connectivity index (χ1n) is 13.0. The zero-order chi connectivity index (χ0) is 25.8. The first kappa shape index (κ1) is 25.0. The lowest BCUT2D eigenvalue weighted by Crippen LogP contribution is -2.48. The molecule has 8 nitrogen and oxygen atoms in total. The SMILES string of the molecule is CCOC(=O)[C@H]1CCCN(CC(=O)N2CCCc3c2c(=O)oc2ccc(OCc4ccccc4)cc32)C1. The van der Waals surface area contributed by atoms with Crippen LogP contribution in [0, 0.1) is 5.92 Å². The number of nitrogens with zero attached hydrogens (tertiary/aromatic N) is 2. The van der Waals surface area contributed by atoms with Gasteiger partial charge >= 0.3 is 11.6 Å². The van der Waals surface area contributed by atoms with Crippen LogP contribution in [0.3, 0.4) is 0 Å². The van der Waals surface area contributed by atoms with E-state index in [1.165, 1.54) is 0 Å². The highest BCUT2D eigenvalue weighted by Crippen LogP contribution is 2.33. The summed E-state index contributed by atoms with van der Waals surface area (Å²) in [5.74, 6) is 0.0848. The largest absolute Gasteiger partial charge is 0.489 e. The predicted molar refractivity (Wildman–Crippen MR) is 140 cm³/mol. The molecule has 0 aliphatic carbocycles. The zero-order valence-electron chi connectivity index (χ0n) is 21.1. The fraction of sp³-hybridized carbons (Fsp3) is 0.414. The molecule has 8 heteroatoms. The molecule has 1 saturated heterocycles. The van der Waals surface area contributed by atoms with Gasteiger partial charge in [-0.05, 0) is 68.5 Å². The summed E-state index contributed by atoms with van der Waals surface area (Å²) in [6, 6.07) is 15.3. The van der Waals surface area contributed by atoms with Gasteiger partial charge < -0.3 is 18.8 Å². The van der Waals surface area contributed by atoms with Crippen LogP contribution in [0.2, 0.25) is 0 Å². The van der Waals surface area contributed by atoms with Crippen molar-refractivity contribution in [2.45, 2.75) is 39.2 Å². The molecule has 0 radical (unpaired) electrons. The van der Waals surface area contributed by atoms with Crippen LogP contribution in [0.25, 0.3) is 11.0 Å². The number of anilines is 1. The van der Waals surface area contributed by atoms with Crippen molar-refractivity contribution >= 4 is 28.5 Å². The molecular formula is C29H32N2O6. The molecule has 0 saturated carbocycles. The molecule has 3 heterocycles. The molecule has 1 fully saturated rings. The van der Waals surface area contributed by atoms with Crippen LogP contribution in [0.15, 0.2) is 57.7 Å². The minimum atomic E-state index is -0.503. The van der Waals surface area contributed by atoms with Crippen molar-refractivity contribution in [3.8, 4) is 5.75 Å². The normalized spacial score (nSPS) is 17.9. The summed E-state index contributed by atoms with van der Waals surface area (Å²) in [5, 5.41) is 0.790. The lowest BCUT2D eigenvalue weighted by Gasteiger charge is -2.34. The maximum absolute atomic E-state index is 13.4. The van der Waals surface area contributed by atoms with E-state index in [1.807, 2.05) is 41.3 Å². The molecule has 0 unspecified atom stereocenters. The summed E-state index contributed by atoms with van der Waals surface area (Å²) < 4.78 is 16.8. The van der Waals surface area contributed by atoms with Gasteiger partial charge in [-0.25, -0.2) is 4.79 Å². The molecule has 5 rings (SSSR count). The molecule has 0 spiro atoms. The molecule has 2 aromatic carbocycles. The van der Waals surface area contributed by atoms with E-state index < -0.39 is 5.63 Å². The standard InChI is InChI=1S/C29H32N2O6/c1-2-35-28(33)21-10-6-14-30(17-21)18-26(32)31-15-7-11-23-24-16-22(36-19-20-8-4-3-5-9-20)12-13-25(24)37-29(34)27(23)31/h3-5,8-9,12-13,16,21H,2,6-7,10-11,14-15,17-19H2,1H3/t21-/m0/s1. The van der Waals surface area contributed by atoms with E-state index in [4.69, 9.17) is 13.9 Å². The van der Waals surface area contributed by atoms with Crippen LogP contribution in [0.5, 0.6) is 5.75 Å². The van der Waals surface area contributed by atoms with Gasteiger partial charge in [-0.2, -0.15) is 0 Å². The number of esters is 1. The van der Waals surface area contributed by atoms with Crippen LogP contribution >= 0.6 is 0 Å². The second kappa shape index (κ2) is 11.2. The topological polar surface area (TPSA) is 89.3 Å². The van der Waals surface area contributed by atoms with E-state index in [-0.39, 0.29) is 24.3 Å². The van der Waals surface area contributed by atoms with Gasteiger partial charge in [0.2, 0.25) is 5.91 Å². The van der Waals surface area contributed by atoms with Crippen LogP contribution in [0.1, 0.15) is 37.3 Å². The lowest BCUT2D eigenvalue weighted by atomic mass is 9.97. The number of hydrogen-bond acceptors (Lipinski definition) is 7. The Morgan fingerprint density at radius 1 is 1.08 bits per heavy atom. The van der Waals surface area contributed by atoms with Gasteiger partial charge in [-0.15, -0.1) is 0 Å². The monoisotopic (exact) mass is 504 g/mol. The number of amides is 1. The number of aryl methyl sites for hydroxylation is 1. The third-order valence-electron chi connectivity index (χ3n) is 7.07. The fourth-order valence-electron chi connectivity index (χ4n) is 5.29. The number of piperidine rings is 1. The number of hydrogen-bond donors (Lipinski definition) is 0. The number of carbonyl (C=O) groups excluding carboxylic acids is 2. The van der Waals surface area contributed by atoms with Crippen LogP contribution in [0.4, 0.5) is 5.69 Å². The molecule has 1 aromatic heterocycles. The van der Waals surface area contributed by atoms with Gasteiger partial charge in [0.15, 0.2) is 0 Å². The predicted octanol–water partition coefficient (Wildman–Crippen LogP) is 3.93. The van der Waals surface area contributed by atoms with Crippen molar-refractivity contribution in [3.05, 3.63) is 70.1 Å². The van der Waals surface area contributed by atoms with Crippen molar-refractivity contribution in [1.82, 2.24) is 4.90 Å². The maximum Gasteiger partial charge on any atom is 0.360 e. The average molecular weight is 505 g/mol. The van der Waals surface area contributed by atoms with E-state index in [9.17, 15) is 14.4 Å². The Hall–Kier alpha value is -3.65. The van der Waals surface area contributed by atoms with Gasteiger partial charge in [0, 0.05) is 18.5 Å². The summed E-state index contributed by atoms with van der Waals surface area (Å²) >= 11 is 0. The molecular weight excluding hydrogens is 472 g/mol. The average Bonchev–Trinajstić information content (AvgIpc) is 2.92. The third kappa shape index (κ3) is 5.54. The van der Waals surface area contributed by atoms with E-state index in [2.05, 4.69) is 0 Å². The first-order chi connectivity index (χ1) is 18.0. The summed E-state index contributed by atoms with van der Waals surface area (Å²) in [7, 11) is 0. The molecule has 0 bridgehead atoms. The number of likely N-dealkylation sites (tertiary alicyclic amines) is 1. The zero-order valence-corrected chi connectivity index (χ0v) is 21.1. The molecule has 2 aliphatic rings. The fourth-order valence-corrected chi connectivity index (χ4v) is 5.29. The Balaban J connectivity index is 1.36. The van der Waals surface area contributed by atoms with E-state index in [0.29, 0.717) is 49.7 Å². The van der Waals surface area contributed by atoms with Gasteiger partial charge in [0.25, 0.3) is 0 Å². The second-order valence-corrected chi connectivity index (χ2v) is 9.62. The highest BCUT2D eigenvalue weighted by atomic mass is 16.5. The summed E-state index contributed by atoms with van der Waals surface area (Å²) in [6.07, 6.45) is 3.02. The summed E-state index contributed by atoms with van der Waals surface area (Å²) in [5.41, 5.74) is 2.18. The Bertz CT molecular complexity index is 1340. The Kier molecular flexibility index (Phi) is 7.55. The van der Waals surface area contributed by atoms with Crippen LogP contribution in [-0.2, 0) is 27.4 Å². The van der Waals surface area contributed by atoms with E-state index >= 15 is 0 Å². The van der Waals surface area contributed by atoms with Gasteiger partial charge in [0.1, 0.15) is 23.6 Å². The quantitative estimate of drug-likeness (QED) is 0.356. The Labute approximate surface area is 215 Å². The van der Waals surface area contributed by atoms with Crippen LogP contribution in [-0.4, -0.2) is 49.6 Å². The number of fused-ring (bicyclic) bond motifs is 3. The highest BCUT2D eigenvalue weighted by Gasteiger charge is 2.32. The molecule has 2 aliphatic heterocycles. The Morgan fingerprint density at radius 3 is 2.73 bits per heavy atom. The van der Waals surface area contributed by atoms with Gasteiger partial charge in [-0.3, -0.25) is 14.5 Å². The smallest absolute Gasteiger partial charge is 0.360 e. The van der Waals surface area contributed by atoms with Crippen molar-refractivity contribution < 1.29 is 23.5 Å². The van der Waals surface area contributed by atoms with Crippen molar-refractivity contribution in [2.75, 3.05) is 37.7 Å². The van der Waals surface area contributed by atoms with Crippen molar-refractivity contribution in [2.24, 2.45) is 5.92 Å².